The van der Waals surface area contributed by atoms with Crippen molar-refractivity contribution in [2.75, 3.05) is 26.5 Å². The Balaban J connectivity index is 2.39. The first-order valence-corrected chi connectivity index (χ1v) is 8.87. The predicted molar refractivity (Wildman–Crippen MR) is 94.9 cm³/mol. The summed E-state index contributed by atoms with van der Waals surface area (Å²) in [4.78, 5) is 22.0. The van der Waals surface area contributed by atoms with E-state index in [2.05, 4.69) is 5.32 Å². The van der Waals surface area contributed by atoms with Crippen LogP contribution in [0.2, 0.25) is 0 Å². The van der Waals surface area contributed by atoms with Gasteiger partial charge < -0.3 is 10.1 Å². The molecular weight excluding hydrogens is 381 g/mol. The Kier molecular flexibility index (Phi) is 5.76. The predicted octanol–water partition coefficient (Wildman–Crippen LogP) is 2.25. The molecule has 0 aliphatic carbocycles. The molecule has 27 heavy (non-hydrogen) atoms. The molecule has 2 aromatic carbocycles. The van der Waals surface area contributed by atoms with Crippen molar-refractivity contribution in [2.45, 2.75) is 4.90 Å². The van der Waals surface area contributed by atoms with Gasteiger partial charge in [-0.1, -0.05) is 0 Å². The van der Waals surface area contributed by atoms with Crippen LogP contribution < -0.4 is 10.1 Å². The van der Waals surface area contributed by atoms with Crippen LogP contribution in [-0.4, -0.2) is 44.8 Å². The molecule has 0 spiro atoms. The molecule has 0 bridgehead atoms. The van der Waals surface area contributed by atoms with Crippen LogP contribution in [0, 0.1) is 15.9 Å². The van der Waals surface area contributed by atoms with Gasteiger partial charge in [-0.25, -0.2) is 12.7 Å². The van der Waals surface area contributed by atoms with Gasteiger partial charge in [0.15, 0.2) is 0 Å². The number of nitrogens with one attached hydrogen (secondary N) is 1. The highest BCUT2D eigenvalue weighted by Crippen LogP contribution is 2.29. The maximum Gasteiger partial charge on any atom is 0.305 e. The summed E-state index contributed by atoms with van der Waals surface area (Å²) < 4.78 is 44.2. The molecule has 0 aliphatic heterocycles. The van der Waals surface area contributed by atoms with Gasteiger partial charge >= 0.3 is 5.69 Å². The van der Waals surface area contributed by atoms with Crippen molar-refractivity contribution in [1.82, 2.24) is 4.31 Å². The van der Waals surface area contributed by atoms with Gasteiger partial charge in [0.05, 0.1) is 12.0 Å². The lowest BCUT2D eigenvalue weighted by molar-refractivity contribution is -0.387. The molecule has 0 aliphatic rings. The van der Waals surface area contributed by atoms with Crippen molar-refractivity contribution < 1.29 is 27.3 Å². The number of methoxy groups -OCH3 is 1. The number of benzene rings is 2. The zero-order chi connectivity index (χ0) is 20.4. The fourth-order valence-electron chi connectivity index (χ4n) is 2.15. The number of carbonyl (C=O) groups excluding carboxylic acids is 1. The molecule has 9 nitrogen and oxygen atoms in total. The minimum Gasteiger partial charge on any atom is -0.495 e. The molecule has 0 fully saturated rings. The number of halogens is 1. The number of nitro benzene ring substituents is 1. The highest BCUT2D eigenvalue weighted by Gasteiger charge is 2.23. The van der Waals surface area contributed by atoms with E-state index in [0.29, 0.717) is 0 Å². The fourth-order valence-corrected chi connectivity index (χ4v) is 3.22. The number of nitro groups is 1. The number of hydrogen-bond donors (Lipinski definition) is 1. The highest BCUT2D eigenvalue weighted by atomic mass is 32.2. The molecule has 0 aromatic heterocycles. The Morgan fingerprint density at radius 3 is 2.44 bits per heavy atom. The summed E-state index contributed by atoms with van der Waals surface area (Å²) in [6, 6.07) is 6.65. The minimum atomic E-state index is -3.85. The molecule has 2 rings (SSSR count). The maximum absolute atomic E-state index is 13.4. The summed E-state index contributed by atoms with van der Waals surface area (Å²) in [7, 11) is 0.147. The van der Waals surface area contributed by atoms with Gasteiger partial charge in [0.25, 0.3) is 5.91 Å². The van der Waals surface area contributed by atoms with Crippen LogP contribution in [0.1, 0.15) is 10.4 Å². The first-order chi connectivity index (χ1) is 12.6. The summed E-state index contributed by atoms with van der Waals surface area (Å²) in [5.41, 5.74) is -0.877. The molecule has 0 heterocycles. The van der Waals surface area contributed by atoms with Crippen molar-refractivity contribution in [3.63, 3.8) is 0 Å². The third kappa shape index (κ3) is 4.20. The van der Waals surface area contributed by atoms with Gasteiger partial charge in [0.1, 0.15) is 10.6 Å². The summed E-state index contributed by atoms with van der Waals surface area (Å²) >= 11 is 0. The third-order valence-corrected chi connectivity index (χ3v) is 5.42. The van der Waals surface area contributed by atoms with Gasteiger partial charge in [0, 0.05) is 31.4 Å². The molecular formula is C16H16FN3O6S. The van der Waals surface area contributed by atoms with Crippen molar-refractivity contribution in [3.8, 4) is 5.75 Å². The van der Waals surface area contributed by atoms with E-state index in [4.69, 9.17) is 4.74 Å². The number of carbonyl (C=O) groups is 1. The number of ether oxygens (including phenoxy) is 1. The Hall–Kier alpha value is -3.05. The standard InChI is InChI=1S/C16H16FN3O6S/c1-19(2)27(24,25)15-9-11(5-7-14(15)26-3)18-16(21)10-4-6-12(17)13(8-10)20(22)23/h4-9H,1-3H3,(H,18,21). The van der Waals surface area contributed by atoms with Crippen LogP contribution in [0.5, 0.6) is 5.75 Å². The lowest BCUT2D eigenvalue weighted by atomic mass is 10.1. The normalized spacial score (nSPS) is 11.3. The third-order valence-electron chi connectivity index (χ3n) is 3.59. The van der Waals surface area contributed by atoms with E-state index in [0.717, 1.165) is 22.5 Å². The highest BCUT2D eigenvalue weighted by molar-refractivity contribution is 7.89. The second-order valence-electron chi connectivity index (χ2n) is 5.53. The van der Waals surface area contributed by atoms with Gasteiger partial charge in [-0.2, -0.15) is 4.39 Å². The first kappa shape index (κ1) is 20.3. The topological polar surface area (TPSA) is 119 Å². The lowest BCUT2D eigenvalue weighted by Gasteiger charge is -2.16. The monoisotopic (exact) mass is 397 g/mol. The molecule has 11 heteroatoms. The molecule has 0 radical (unpaired) electrons. The molecule has 0 unspecified atom stereocenters. The smallest absolute Gasteiger partial charge is 0.305 e. The average Bonchev–Trinajstić information content (AvgIpc) is 2.61. The number of sulfonamides is 1. The summed E-state index contributed by atoms with van der Waals surface area (Å²) in [6.45, 7) is 0. The zero-order valence-electron chi connectivity index (χ0n) is 14.6. The van der Waals surface area contributed by atoms with Gasteiger partial charge in [-0.05, 0) is 30.3 Å². The van der Waals surface area contributed by atoms with E-state index in [1.54, 1.807) is 0 Å². The van der Waals surface area contributed by atoms with Gasteiger partial charge in [-0.15, -0.1) is 0 Å². The van der Waals surface area contributed by atoms with Crippen LogP contribution in [-0.2, 0) is 10.0 Å². The number of hydrogen-bond acceptors (Lipinski definition) is 6. The van der Waals surface area contributed by atoms with Crippen LogP contribution in [0.25, 0.3) is 0 Å². The quantitative estimate of drug-likeness (QED) is 0.590. The minimum absolute atomic E-state index is 0.0825. The Bertz CT molecular complexity index is 1010. The Morgan fingerprint density at radius 1 is 1.22 bits per heavy atom. The molecule has 1 N–H and O–H groups in total. The van der Waals surface area contributed by atoms with Crippen LogP contribution in [0.4, 0.5) is 15.8 Å². The van der Waals surface area contributed by atoms with E-state index in [9.17, 15) is 27.7 Å². The first-order valence-electron chi connectivity index (χ1n) is 7.43. The van der Waals surface area contributed by atoms with Crippen molar-refractivity contribution in [2.24, 2.45) is 0 Å². The van der Waals surface area contributed by atoms with Crippen LogP contribution in [0.3, 0.4) is 0 Å². The SMILES string of the molecule is COc1ccc(NC(=O)c2ccc(F)c([N+](=O)[O-])c2)cc1S(=O)(=O)N(C)C. The fraction of sp³-hybridized carbons (Fsp3) is 0.188. The summed E-state index contributed by atoms with van der Waals surface area (Å²) in [5, 5.41) is 13.2. The molecule has 1 amide bonds. The molecule has 0 atom stereocenters. The number of nitrogens with zero attached hydrogens (tertiary/aromatic N) is 2. The van der Waals surface area contributed by atoms with E-state index < -0.39 is 32.4 Å². The number of rotatable bonds is 6. The van der Waals surface area contributed by atoms with Gasteiger partial charge in [0.2, 0.25) is 15.8 Å². The summed E-state index contributed by atoms with van der Waals surface area (Å²) in [5.74, 6) is -1.75. The Morgan fingerprint density at radius 2 is 1.89 bits per heavy atom. The largest absolute Gasteiger partial charge is 0.495 e. The lowest BCUT2D eigenvalue weighted by Crippen LogP contribution is -2.23. The molecule has 0 saturated carbocycles. The van der Waals surface area contributed by atoms with Crippen molar-refractivity contribution in [3.05, 3.63) is 57.9 Å². The second-order valence-corrected chi connectivity index (χ2v) is 7.65. The zero-order valence-corrected chi connectivity index (χ0v) is 15.4. The maximum atomic E-state index is 13.4. The van der Waals surface area contributed by atoms with E-state index in [-0.39, 0.29) is 21.9 Å². The average molecular weight is 397 g/mol. The van der Waals surface area contributed by atoms with E-state index in [1.165, 1.54) is 39.4 Å². The second kappa shape index (κ2) is 7.68. The molecule has 2 aromatic rings. The molecule has 0 saturated heterocycles. The summed E-state index contributed by atoms with van der Waals surface area (Å²) in [6.07, 6.45) is 0. The van der Waals surface area contributed by atoms with Crippen LogP contribution in [0.15, 0.2) is 41.3 Å². The van der Waals surface area contributed by atoms with E-state index >= 15 is 0 Å². The van der Waals surface area contributed by atoms with E-state index in [1.807, 2.05) is 0 Å². The number of anilines is 1. The molecule has 144 valence electrons. The Labute approximate surface area is 154 Å². The van der Waals surface area contributed by atoms with Crippen LogP contribution >= 0.6 is 0 Å². The number of amides is 1. The van der Waals surface area contributed by atoms with Crippen molar-refractivity contribution in [1.29, 1.82) is 0 Å². The van der Waals surface area contributed by atoms with Crippen molar-refractivity contribution >= 4 is 27.3 Å². The van der Waals surface area contributed by atoms with Gasteiger partial charge in [-0.3, -0.25) is 14.9 Å².